The topological polar surface area (TPSA) is 41.6 Å². The molecule has 0 bridgehead atoms. The lowest BCUT2D eigenvalue weighted by Crippen LogP contribution is -2.33. The molecule has 114 valence electrons. The molecule has 1 aromatic rings. The number of nitrogens with zero attached hydrogens (tertiary/aromatic N) is 1. The highest BCUT2D eigenvalue weighted by molar-refractivity contribution is 5.85. The number of amides is 1. The third-order valence-corrected chi connectivity index (χ3v) is 2.75. The van der Waals surface area contributed by atoms with E-state index >= 15 is 0 Å². The maximum Gasteiger partial charge on any atom is 0.226 e. The van der Waals surface area contributed by atoms with E-state index in [2.05, 4.69) is 5.32 Å². The van der Waals surface area contributed by atoms with E-state index in [0.29, 0.717) is 6.42 Å². The maximum absolute atomic E-state index is 12.0. The van der Waals surface area contributed by atoms with Gasteiger partial charge in [-0.15, -0.1) is 12.4 Å². The smallest absolute Gasteiger partial charge is 0.226 e. The summed E-state index contributed by atoms with van der Waals surface area (Å²) in [7, 11) is 3.71. The number of hydrogen-bond acceptors (Lipinski definition) is 3. The van der Waals surface area contributed by atoms with E-state index in [1.54, 1.807) is 4.90 Å². The fourth-order valence-corrected chi connectivity index (χ4v) is 1.71. The fourth-order valence-electron chi connectivity index (χ4n) is 1.71. The van der Waals surface area contributed by atoms with Gasteiger partial charge in [-0.05, 0) is 38.6 Å². The molecule has 0 aliphatic carbocycles. The van der Waals surface area contributed by atoms with E-state index in [-0.39, 0.29) is 24.4 Å². The highest BCUT2D eigenvalue weighted by atomic mass is 35.5. The van der Waals surface area contributed by atoms with Gasteiger partial charge in [0.05, 0.1) is 12.5 Å². The van der Waals surface area contributed by atoms with Gasteiger partial charge in [-0.25, -0.2) is 0 Å². The Balaban J connectivity index is 0.00000361. The Morgan fingerprint density at radius 2 is 2.10 bits per heavy atom. The summed E-state index contributed by atoms with van der Waals surface area (Å²) in [6.45, 7) is 5.50. The van der Waals surface area contributed by atoms with Gasteiger partial charge < -0.3 is 15.0 Å². The van der Waals surface area contributed by atoms with E-state index in [4.69, 9.17) is 4.74 Å². The summed E-state index contributed by atoms with van der Waals surface area (Å²) in [5.41, 5.74) is 0.986. The molecule has 0 saturated heterocycles. The van der Waals surface area contributed by atoms with Gasteiger partial charge in [0.2, 0.25) is 5.91 Å². The maximum atomic E-state index is 12.0. The average molecular weight is 301 g/mol. The number of ether oxygens (including phenoxy) is 1. The first-order valence-electron chi connectivity index (χ1n) is 6.67. The Morgan fingerprint density at radius 3 is 2.70 bits per heavy atom. The first-order chi connectivity index (χ1) is 9.02. The second-order valence-corrected chi connectivity index (χ2v) is 4.91. The van der Waals surface area contributed by atoms with Crippen molar-refractivity contribution in [2.24, 2.45) is 0 Å². The number of likely N-dealkylation sites (N-methyl/N-ethyl adjacent to an activating group) is 2. The third-order valence-electron chi connectivity index (χ3n) is 2.75. The Morgan fingerprint density at radius 1 is 1.40 bits per heavy atom. The minimum atomic E-state index is 0. The van der Waals surface area contributed by atoms with Gasteiger partial charge in [-0.2, -0.15) is 0 Å². The fraction of sp³-hybridized carbons (Fsp3) is 0.533. The van der Waals surface area contributed by atoms with Crippen LogP contribution in [0.1, 0.15) is 19.4 Å². The van der Waals surface area contributed by atoms with Gasteiger partial charge >= 0.3 is 0 Å². The zero-order valence-electron chi connectivity index (χ0n) is 12.7. The first kappa shape index (κ1) is 18.7. The molecule has 1 aromatic carbocycles. The molecule has 5 heteroatoms. The van der Waals surface area contributed by atoms with E-state index in [9.17, 15) is 4.79 Å². The van der Waals surface area contributed by atoms with Crippen molar-refractivity contribution in [2.45, 2.75) is 26.4 Å². The van der Waals surface area contributed by atoms with Crippen molar-refractivity contribution >= 4 is 18.3 Å². The monoisotopic (exact) mass is 300 g/mol. The van der Waals surface area contributed by atoms with Crippen LogP contribution in [-0.2, 0) is 11.2 Å². The van der Waals surface area contributed by atoms with Crippen molar-refractivity contribution in [3.8, 4) is 5.75 Å². The molecule has 1 rings (SSSR count). The van der Waals surface area contributed by atoms with Gasteiger partial charge in [0.15, 0.2) is 0 Å². The number of carbonyl (C=O) groups excluding carboxylic acids is 1. The molecule has 0 fully saturated rings. The predicted molar refractivity (Wildman–Crippen MR) is 84.7 cm³/mol. The molecule has 0 aromatic heterocycles. The summed E-state index contributed by atoms with van der Waals surface area (Å²) < 4.78 is 5.63. The number of nitrogens with one attached hydrogen (secondary N) is 1. The van der Waals surface area contributed by atoms with Crippen LogP contribution in [0.15, 0.2) is 24.3 Å². The van der Waals surface area contributed by atoms with Crippen LogP contribution < -0.4 is 10.1 Å². The van der Waals surface area contributed by atoms with Gasteiger partial charge in [-0.3, -0.25) is 4.79 Å². The second kappa shape index (κ2) is 9.61. The Hall–Kier alpha value is -1.26. The van der Waals surface area contributed by atoms with E-state index < -0.39 is 0 Å². The highest BCUT2D eigenvalue weighted by Crippen LogP contribution is 2.15. The van der Waals surface area contributed by atoms with Gasteiger partial charge in [-0.1, -0.05) is 12.1 Å². The largest absolute Gasteiger partial charge is 0.491 e. The highest BCUT2D eigenvalue weighted by Gasteiger charge is 2.09. The Labute approximate surface area is 127 Å². The average Bonchev–Trinajstić information content (AvgIpc) is 2.35. The van der Waals surface area contributed by atoms with Crippen LogP contribution in [-0.4, -0.2) is 44.1 Å². The first-order valence-corrected chi connectivity index (χ1v) is 6.67. The van der Waals surface area contributed by atoms with Gasteiger partial charge in [0, 0.05) is 20.1 Å². The number of halogens is 1. The molecular weight excluding hydrogens is 276 g/mol. The summed E-state index contributed by atoms with van der Waals surface area (Å²) in [5.74, 6) is 0.940. The van der Waals surface area contributed by atoms with Crippen molar-refractivity contribution in [1.82, 2.24) is 10.2 Å². The lowest BCUT2D eigenvalue weighted by molar-refractivity contribution is -0.129. The van der Waals surface area contributed by atoms with Crippen molar-refractivity contribution in [1.29, 1.82) is 0 Å². The molecule has 0 atom stereocenters. The zero-order valence-corrected chi connectivity index (χ0v) is 13.5. The lowest BCUT2D eigenvalue weighted by atomic mass is 10.1. The molecule has 0 spiro atoms. The van der Waals surface area contributed by atoms with Gasteiger partial charge in [0.25, 0.3) is 0 Å². The molecule has 1 N–H and O–H groups in total. The number of benzene rings is 1. The molecule has 1 amide bonds. The Kier molecular flexibility index (Phi) is 9.01. The van der Waals surface area contributed by atoms with Crippen molar-refractivity contribution in [3.63, 3.8) is 0 Å². The molecule has 0 unspecified atom stereocenters. The summed E-state index contributed by atoms with van der Waals surface area (Å²) in [6, 6.07) is 7.73. The molecule has 4 nitrogen and oxygen atoms in total. The van der Waals surface area contributed by atoms with Crippen LogP contribution in [0.4, 0.5) is 0 Å². The minimum Gasteiger partial charge on any atom is -0.491 e. The Bertz CT molecular complexity index is 411. The number of carbonyl (C=O) groups is 1. The molecule has 0 saturated carbocycles. The van der Waals surface area contributed by atoms with Crippen molar-refractivity contribution < 1.29 is 9.53 Å². The summed E-state index contributed by atoms with van der Waals surface area (Å²) >= 11 is 0. The van der Waals surface area contributed by atoms with Crippen LogP contribution in [0, 0.1) is 0 Å². The predicted octanol–water partition coefficient (Wildman–Crippen LogP) is 2.12. The summed E-state index contributed by atoms with van der Waals surface area (Å²) in [4.78, 5) is 13.8. The van der Waals surface area contributed by atoms with Crippen molar-refractivity contribution in [2.75, 3.05) is 27.2 Å². The zero-order chi connectivity index (χ0) is 14.3. The van der Waals surface area contributed by atoms with Crippen LogP contribution in [0.25, 0.3) is 0 Å². The molecule has 20 heavy (non-hydrogen) atoms. The van der Waals surface area contributed by atoms with E-state index in [1.807, 2.05) is 52.2 Å². The minimum absolute atomic E-state index is 0. The van der Waals surface area contributed by atoms with Crippen LogP contribution in [0.2, 0.25) is 0 Å². The summed E-state index contributed by atoms with van der Waals surface area (Å²) in [6.07, 6.45) is 0.555. The van der Waals surface area contributed by atoms with Crippen molar-refractivity contribution in [3.05, 3.63) is 29.8 Å². The number of hydrogen-bond donors (Lipinski definition) is 1. The lowest BCUT2D eigenvalue weighted by Gasteiger charge is -2.17. The third kappa shape index (κ3) is 6.78. The van der Waals surface area contributed by atoms with Gasteiger partial charge in [0.1, 0.15) is 5.75 Å². The second-order valence-electron chi connectivity index (χ2n) is 4.91. The molecule has 0 aliphatic heterocycles. The van der Waals surface area contributed by atoms with Crippen LogP contribution in [0.5, 0.6) is 5.75 Å². The SMILES string of the molecule is CNCCN(C)C(=O)Cc1cccc(OC(C)C)c1.Cl. The molecular formula is C15H25ClN2O2. The standard InChI is InChI=1S/C15H24N2O2.ClH/c1-12(2)19-14-7-5-6-13(10-14)11-15(18)17(4)9-8-16-3;/h5-7,10,12,16H,8-9,11H2,1-4H3;1H. The normalized spacial score (nSPS) is 10.1. The molecule has 0 aliphatic rings. The molecule has 0 radical (unpaired) electrons. The van der Waals surface area contributed by atoms with E-state index in [0.717, 1.165) is 24.4 Å². The van der Waals surface area contributed by atoms with E-state index in [1.165, 1.54) is 0 Å². The quantitative estimate of drug-likeness (QED) is 0.838. The van der Waals surface area contributed by atoms with Crippen LogP contribution in [0.3, 0.4) is 0 Å². The number of rotatable bonds is 7. The molecule has 0 heterocycles. The summed E-state index contributed by atoms with van der Waals surface area (Å²) in [5, 5.41) is 3.03. The van der Waals surface area contributed by atoms with Crippen LogP contribution >= 0.6 is 12.4 Å².